The van der Waals surface area contributed by atoms with Gasteiger partial charge in [0.05, 0.1) is 13.0 Å². The molecule has 1 aliphatic carbocycles. The summed E-state index contributed by atoms with van der Waals surface area (Å²) in [5, 5.41) is 0. The van der Waals surface area contributed by atoms with E-state index in [-0.39, 0.29) is 23.6 Å². The Balaban J connectivity index is 1.89. The van der Waals surface area contributed by atoms with Gasteiger partial charge in [0.1, 0.15) is 0 Å². The summed E-state index contributed by atoms with van der Waals surface area (Å²) in [6, 6.07) is 5.91. The molecule has 0 N–H and O–H groups in total. The van der Waals surface area contributed by atoms with Gasteiger partial charge in [-0.05, 0) is 25.7 Å². The highest BCUT2D eigenvalue weighted by Gasteiger charge is 2.31. The standard InChI is InChI=1S/C16H22NO3/c1-12-5-3-4-10-17(12)11-15(18)13-6-8-14(9-7-13)16(19)20-2/h3-5,10,13-14H,6-9,11H2,1-2H3/q+1. The van der Waals surface area contributed by atoms with Crippen LogP contribution in [-0.4, -0.2) is 18.9 Å². The van der Waals surface area contributed by atoms with Crippen LogP contribution < -0.4 is 4.57 Å². The van der Waals surface area contributed by atoms with Crippen molar-refractivity contribution in [3.05, 3.63) is 30.1 Å². The Morgan fingerprint density at radius 1 is 1.20 bits per heavy atom. The van der Waals surface area contributed by atoms with E-state index in [2.05, 4.69) is 0 Å². The van der Waals surface area contributed by atoms with E-state index in [1.807, 2.05) is 35.9 Å². The Bertz CT molecular complexity index is 490. The normalized spacial score (nSPS) is 22.3. The summed E-state index contributed by atoms with van der Waals surface area (Å²) in [5.74, 6) is 0.204. The smallest absolute Gasteiger partial charge is 0.308 e. The third kappa shape index (κ3) is 3.44. The molecule has 1 aromatic heterocycles. The highest BCUT2D eigenvalue weighted by Crippen LogP contribution is 2.30. The number of ketones is 1. The predicted octanol–water partition coefficient (Wildman–Crippen LogP) is 1.83. The highest BCUT2D eigenvalue weighted by atomic mass is 16.5. The average molecular weight is 276 g/mol. The van der Waals surface area contributed by atoms with Crippen LogP contribution in [0.3, 0.4) is 0 Å². The quantitative estimate of drug-likeness (QED) is 0.622. The zero-order chi connectivity index (χ0) is 14.5. The molecule has 0 radical (unpaired) electrons. The van der Waals surface area contributed by atoms with Gasteiger partial charge >= 0.3 is 5.97 Å². The van der Waals surface area contributed by atoms with Crippen LogP contribution in [0.15, 0.2) is 24.4 Å². The second kappa shape index (κ2) is 6.64. The zero-order valence-electron chi connectivity index (χ0n) is 12.2. The van der Waals surface area contributed by atoms with Crippen LogP contribution in [0.1, 0.15) is 31.4 Å². The van der Waals surface area contributed by atoms with Crippen molar-refractivity contribution in [3.63, 3.8) is 0 Å². The molecule has 0 saturated heterocycles. The van der Waals surface area contributed by atoms with Crippen LogP contribution in [0, 0.1) is 18.8 Å². The number of pyridine rings is 1. The second-order valence-electron chi connectivity index (χ2n) is 5.51. The van der Waals surface area contributed by atoms with Crippen molar-refractivity contribution in [1.82, 2.24) is 0 Å². The van der Waals surface area contributed by atoms with E-state index in [1.165, 1.54) is 7.11 Å². The molecule has 20 heavy (non-hydrogen) atoms. The van der Waals surface area contributed by atoms with E-state index in [0.29, 0.717) is 6.54 Å². The maximum absolute atomic E-state index is 12.3. The fraction of sp³-hybridized carbons (Fsp3) is 0.562. The van der Waals surface area contributed by atoms with Gasteiger partial charge in [-0.25, -0.2) is 0 Å². The molecule has 4 nitrogen and oxygen atoms in total. The molecule has 1 aromatic rings. The third-order valence-corrected chi connectivity index (χ3v) is 4.21. The maximum atomic E-state index is 12.3. The number of carbonyl (C=O) groups is 2. The molecular weight excluding hydrogens is 254 g/mol. The molecular formula is C16H22NO3+. The molecule has 0 bridgehead atoms. The second-order valence-corrected chi connectivity index (χ2v) is 5.51. The van der Waals surface area contributed by atoms with Crippen molar-refractivity contribution < 1.29 is 18.9 Å². The summed E-state index contributed by atoms with van der Waals surface area (Å²) in [5.41, 5.74) is 1.09. The van der Waals surface area contributed by atoms with Crippen molar-refractivity contribution in [2.24, 2.45) is 11.8 Å². The molecule has 2 rings (SSSR count). The first-order chi connectivity index (χ1) is 9.61. The lowest BCUT2D eigenvalue weighted by Gasteiger charge is -2.25. The molecule has 1 saturated carbocycles. The summed E-state index contributed by atoms with van der Waals surface area (Å²) >= 11 is 0. The van der Waals surface area contributed by atoms with Gasteiger partial charge in [-0.15, -0.1) is 0 Å². The van der Waals surface area contributed by atoms with Gasteiger partial charge in [-0.3, -0.25) is 9.59 Å². The number of carbonyl (C=O) groups excluding carboxylic acids is 2. The Kier molecular flexibility index (Phi) is 4.88. The lowest BCUT2D eigenvalue weighted by molar-refractivity contribution is -0.690. The fourth-order valence-corrected chi connectivity index (χ4v) is 2.85. The van der Waals surface area contributed by atoms with Crippen LogP contribution in [0.25, 0.3) is 0 Å². The maximum Gasteiger partial charge on any atom is 0.308 e. The Morgan fingerprint density at radius 3 is 2.45 bits per heavy atom. The van der Waals surface area contributed by atoms with Crippen LogP contribution >= 0.6 is 0 Å². The molecule has 1 fully saturated rings. The molecule has 1 aliphatic rings. The number of rotatable bonds is 4. The Morgan fingerprint density at radius 2 is 1.85 bits per heavy atom. The van der Waals surface area contributed by atoms with Gasteiger partial charge in [0.2, 0.25) is 12.3 Å². The topological polar surface area (TPSA) is 47.3 Å². The summed E-state index contributed by atoms with van der Waals surface area (Å²) in [4.78, 5) is 23.8. The monoisotopic (exact) mass is 276 g/mol. The number of esters is 1. The van der Waals surface area contributed by atoms with Crippen LogP contribution in [0.2, 0.25) is 0 Å². The van der Waals surface area contributed by atoms with Crippen molar-refractivity contribution >= 4 is 11.8 Å². The van der Waals surface area contributed by atoms with Gasteiger partial charge in [0.25, 0.3) is 0 Å². The first-order valence-corrected chi connectivity index (χ1v) is 7.17. The SMILES string of the molecule is COC(=O)C1CCC(C(=O)C[n+]2ccccc2C)CC1. The summed E-state index contributed by atoms with van der Waals surface area (Å²) in [6.07, 6.45) is 5.06. The van der Waals surface area contributed by atoms with E-state index in [4.69, 9.17) is 4.74 Å². The Labute approximate surface area is 119 Å². The fourth-order valence-electron chi connectivity index (χ4n) is 2.85. The van der Waals surface area contributed by atoms with Crippen molar-refractivity contribution in [1.29, 1.82) is 0 Å². The van der Waals surface area contributed by atoms with Gasteiger partial charge in [0, 0.05) is 25.0 Å². The van der Waals surface area contributed by atoms with Gasteiger partial charge < -0.3 is 4.74 Å². The summed E-state index contributed by atoms with van der Waals surface area (Å²) in [6.45, 7) is 2.43. The number of hydrogen-bond donors (Lipinski definition) is 0. The lowest BCUT2D eigenvalue weighted by Crippen LogP contribution is -2.43. The van der Waals surface area contributed by atoms with Crippen molar-refractivity contribution in [2.45, 2.75) is 39.2 Å². The van der Waals surface area contributed by atoms with Gasteiger partial charge in [-0.2, -0.15) is 4.57 Å². The minimum Gasteiger partial charge on any atom is -0.469 e. The first-order valence-electron chi connectivity index (χ1n) is 7.17. The molecule has 1 heterocycles. The van der Waals surface area contributed by atoms with Crippen LogP contribution in [0.5, 0.6) is 0 Å². The number of methoxy groups -OCH3 is 1. The number of aromatic nitrogens is 1. The predicted molar refractivity (Wildman–Crippen MR) is 73.8 cm³/mol. The van der Waals surface area contributed by atoms with Crippen molar-refractivity contribution in [2.75, 3.05) is 7.11 Å². The minimum absolute atomic E-state index is 0.0184. The average Bonchev–Trinajstić information content (AvgIpc) is 2.49. The van der Waals surface area contributed by atoms with E-state index < -0.39 is 0 Å². The molecule has 4 heteroatoms. The number of Topliss-reactive ketones (excluding diaryl/α,β-unsaturated/α-hetero) is 1. The van der Waals surface area contributed by atoms with Crippen LogP contribution in [-0.2, 0) is 20.9 Å². The van der Waals surface area contributed by atoms with E-state index >= 15 is 0 Å². The van der Waals surface area contributed by atoms with Gasteiger partial charge in [0.15, 0.2) is 11.9 Å². The minimum atomic E-state index is -0.135. The molecule has 108 valence electrons. The zero-order valence-corrected chi connectivity index (χ0v) is 12.2. The largest absolute Gasteiger partial charge is 0.469 e. The molecule has 0 spiro atoms. The first kappa shape index (κ1) is 14.7. The Hall–Kier alpha value is -1.71. The molecule has 0 amide bonds. The summed E-state index contributed by atoms with van der Waals surface area (Å²) < 4.78 is 6.75. The number of ether oxygens (including phenoxy) is 1. The third-order valence-electron chi connectivity index (χ3n) is 4.21. The molecule has 0 aromatic carbocycles. The highest BCUT2D eigenvalue weighted by molar-refractivity contribution is 5.80. The van der Waals surface area contributed by atoms with E-state index in [0.717, 1.165) is 31.4 Å². The number of hydrogen-bond acceptors (Lipinski definition) is 3. The van der Waals surface area contributed by atoms with E-state index in [1.54, 1.807) is 0 Å². The molecule has 0 aliphatic heterocycles. The number of nitrogens with zero attached hydrogens (tertiary/aromatic N) is 1. The molecule has 0 unspecified atom stereocenters. The molecule has 0 atom stereocenters. The van der Waals surface area contributed by atoms with Crippen molar-refractivity contribution in [3.8, 4) is 0 Å². The summed E-state index contributed by atoms with van der Waals surface area (Å²) in [7, 11) is 1.42. The van der Waals surface area contributed by atoms with E-state index in [9.17, 15) is 9.59 Å². The number of aryl methyl sites for hydroxylation is 1. The van der Waals surface area contributed by atoms with Gasteiger partial charge in [-0.1, -0.05) is 6.07 Å². The van der Waals surface area contributed by atoms with Crippen LogP contribution in [0.4, 0.5) is 0 Å². The lowest BCUT2D eigenvalue weighted by atomic mass is 9.80.